The van der Waals surface area contributed by atoms with Gasteiger partial charge in [0.05, 0.1) is 5.38 Å². The van der Waals surface area contributed by atoms with Gasteiger partial charge in [0.1, 0.15) is 11.9 Å². The third-order valence-electron chi connectivity index (χ3n) is 2.97. The van der Waals surface area contributed by atoms with Crippen LogP contribution in [-0.4, -0.2) is 6.10 Å². The van der Waals surface area contributed by atoms with E-state index in [1.54, 1.807) is 0 Å². The van der Waals surface area contributed by atoms with Crippen LogP contribution in [0, 0.1) is 5.41 Å². The zero-order chi connectivity index (χ0) is 11.9. The largest absolute Gasteiger partial charge is 0.490 e. The molecule has 0 N–H and O–H groups in total. The van der Waals surface area contributed by atoms with Gasteiger partial charge in [0.15, 0.2) is 0 Å². The summed E-state index contributed by atoms with van der Waals surface area (Å²) in [5.41, 5.74) is 2.58. The van der Waals surface area contributed by atoms with Gasteiger partial charge in [0.2, 0.25) is 0 Å². The Bertz CT molecular complexity index is 392. The van der Waals surface area contributed by atoms with Gasteiger partial charge in [-0.3, -0.25) is 0 Å². The number of benzene rings is 1. The molecule has 0 aromatic heterocycles. The molecule has 0 radical (unpaired) electrons. The highest BCUT2D eigenvalue weighted by atomic mass is 35.5. The minimum absolute atomic E-state index is 0.0497. The minimum atomic E-state index is 0.0497. The van der Waals surface area contributed by atoms with Crippen LogP contribution in [0.2, 0.25) is 0 Å². The van der Waals surface area contributed by atoms with Crippen molar-refractivity contribution in [1.29, 1.82) is 0 Å². The van der Waals surface area contributed by atoms with E-state index >= 15 is 0 Å². The zero-order valence-corrected chi connectivity index (χ0v) is 11.1. The molecule has 0 saturated carbocycles. The van der Waals surface area contributed by atoms with Crippen molar-refractivity contribution < 1.29 is 4.74 Å². The highest BCUT2D eigenvalue weighted by molar-refractivity contribution is 6.21. The third-order valence-corrected chi connectivity index (χ3v) is 3.88. The maximum absolute atomic E-state index is 6.48. The first-order chi connectivity index (χ1) is 7.38. The Morgan fingerprint density at radius 3 is 2.69 bits per heavy atom. The lowest BCUT2D eigenvalue weighted by atomic mass is 9.87. The van der Waals surface area contributed by atoms with Gasteiger partial charge in [-0.2, -0.15) is 0 Å². The van der Waals surface area contributed by atoms with Gasteiger partial charge >= 0.3 is 0 Å². The van der Waals surface area contributed by atoms with Crippen LogP contribution in [0.3, 0.4) is 0 Å². The van der Waals surface area contributed by atoms with Crippen molar-refractivity contribution in [1.82, 2.24) is 0 Å². The van der Waals surface area contributed by atoms with Gasteiger partial charge in [0, 0.05) is 6.42 Å². The van der Waals surface area contributed by atoms with Crippen LogP contribution in [-0.2, 0) is 6.42 Å². The molecule has 88 valence electrons. The molecule has 0 fully saturated rings. The number of hydrogen-bond acceptors (Lipinski definition) is 1. The van der Waals surface area contributed by atoms with Crippen molar-refractivity contribution in [2.24, 2.45) is 5.41 Å². The average Bonchev–Trinajstić information content (AvgIpc) is 2.54. The van der Waals surface area contributed by atoms with Gasteiger partial charge in [-0.1, -0.05) is 32.9 Å². The lowest BCUT2D eigenvalue weighted by Gasteiger charge is -2.25. The third kappa shape index (κ3) is 2.20. The van der Waals surface area contributed by atoms with Crippen molar-refractivity contribution in [2.75, 3.05) is 0 Å². The number of hydrogen-bond donors (Lipinski definition) is 0. The maximum Gasteiger partial charge on any atom is 0.123 e. The molecule has 16 heavy (non-hydrogen) atoms. The first-order valence-electron chi connectivity index (χ1n) is 5.81. The number of rotatable bonds is 1. The van der Waals surface area contributed by atoms with Gasteiger partial charge in [-0.15, -0.1) is 11.6 Å². The van der Waals surface area contributed by atoms with Gasteiger partial charge in [-0.05, 0) is 29.5 Å². The predicted molar refractivity (Wildman–Crippen MR) is 68.3 cm³/mol. The molecule has 0 saturated heterocycles. The van der Waals surface area contributed by atoms with E-state index in [1.807, 2.05) is 0 Å². The van der Waals surface area contributed by atoms with Crippen LogP contribution in [0.1, 0.15) is 44.2 Å². The SMILES string of the molecule is CC1Cc2cc(C(Cl)C(C)(C)C)ccc2O1. The van der Waals surface area contributed by atoms with Gasteiger partial charge in [0.25, 0.3) is 0 Å². The molecule has 1 aromatic rings. The van der Waals surface area contributed by atoms with Crippen molar-refractivity contribution in [3.8, 4) is 5.75 Å². The molecule has 1 aliphatic rings. The fourth-order valence-electron chi connectivity index (χ4n) is 2.10. The molecular formula is C14H19ClO. The summed E-state index contributed by atoms with van der Waals surface area (Å²) in [5, 5.41) is 0.0497. The fourth-order valence-corrected chi connectivity index (χ4v) is 2.24. The van der Waals surface area contributed by atoms with Gasteiger partial charge < -0.3 is 4.74 Å². The predicted octanol–water partition coefficient (Wildman–Crippen LogP) is 4.34. The Kier molecular flexibility index (Phi) is 2.91. The molecule has 2 unspecified atom stereocenters. The first kappa shape index (κ1) is 11.8. The molecular weight excluding hydrogens is 220 g/mol. The smallest absolute Gasteiger partial charge is 0.123 e. The summed E-state index contributed by atoms with van der Waals surface area (Å²) >= 11 is 6.48. The first-order valence-corrected chi connectivity index (χ1v) is 6.25. The molecule has 1 aliphatic heterocycles. The molecule has 2 heteroatoms. The Labute approximate surface area is 103 Å². The van der Waals surface area contributed by atoms with Crippen LogP contribution in [0.25, 0.3) is 0 Å². The summed E-state index contributed by atoms with van der Waals surface area (Å²) in [5.74, 6) is 1.02. The summed E-state index contributed by atoms with van der Waals surface area (Å²) in [6.45, 7) is 8.59. The van der Waals surface area contributed by atoms with Crippen molar-refractivity contribution in [3.05, 3.63) is 29.3 Å². The monoisotopic (exact) mass is 238 g/mol. The van der Waals surface area contributed by atoms with E-state index in [2.05, 4.69) is 45.9 Å². The second kappa shape index (κ2) is 3.96. The molecule has 2 atom stereocenters. The second-order valence-electron chi connectivity index (χ2n) is 5.73. The number of alkyl halides is 1. The number of halogens is 1. The van der Waals surface area contributed by atoms with E-state index in [0.717, 1.165) is 12.2 Å². The highest BCUT2D eigenvalue weighted by Crippen LogP contribution is 2.40. The zero-order valence-electron chi connectivity index (χ0n) is 10.4. The van der Waals surface area contributed by atoms with Crippen LogP contribution in [0.4, 0.5) is 0 Å². The summed E-state index contributed by atoms with van der Waals surface area (Å²) in [6.07, 6.45) is 1.30. The lowest BCUT2D eigenvalue weighted by molar-refractivity contribution is 0.254. The molecule has 1 nitrogen and oxygen atoms in total. The Hall–Kier alpha value is -0.690. The summed E-state index contributed by atoms with van der Waals surface area (Å²) in [4.78, 5) is 0. The Morgan fingerprint density at radius 2 is 2.06 bits per heavy atom. The normalized spacial score (nSPS) is 21.4. The quantitative estimate of drug-likeness (QED) is 0.662. The molecule has 1 heterocycles. The molecule has 0 bridgehead atoms. The summed E-state index contributed by atoms with van der Waals surface area (Å²) < 4.78 is 5.68. The van der Waals surface area contributed by atoms with E-state index in [-0.39, 0.29) is 10.8 Å². The molecule has 1 aromatic carbocycles. The Balaban J connectivity index is 2.29. The van der Waals surface area contributed by atoms with E-state index < -0.39 is 0 Å². The van der Waals surface area contributed by atoms with Crippen LogP contribution < -0.4 is 4.74 Å². The topological polar surface area (TPSA) is 9.23 Å². The standard InChI is InChI=1S/C14H19ClO/c1-9-7-11-8-10(5-6-12(11)16-9)13(15)14(2,3)4/h5-6,8-9,13H,7H2,1-4H3. The van der Waals surface area contributed by atoms with Crippen LogP contribution in [0.5, 0.6) is 5.75 Å². The van der Waals surface area contributed by atoms with E-state index in [0.29, 0.717) is 6.10 Å². The van der Waals surface area contributed by atoms with E-state index in [4.69, 9.17) is 16.3 Å². The second-order valence-corrected chi connectivity index (χ2v) is 6.16. The van der Waals surface area contributed by atoms with Gasteiger partial charge in [-0.25, -0.2) is 0 Å². The lowest BCUT2D eigenvalue weighted by Crippen LogP contribution is -2.13. The highest BCUT2D eigenvalue weighted by Gasteiger charge is 2.26. The molecule has 0 amide bonds. The summed E-state index contributed by atoms with van der Waals surface area (Å²) in [7, 11) is 0. The Morgan fingerprint density at radius 1 is 1.38 bits per heavy atom. The van der Waals surface area contributed by atoms with E-state index in [9.17, 15) is 0 Å². The fraction of sp³-hybridized carbons (Fsp3) is 0.571. The van der Waals surface area contributed by atoms with Crippen LogP contribution >= 0.6 is 11.6 Å². The molecule has 2 rings (SSSR count). The average molecular weight is 239 g/mol. The van der Waals surface area contributed by atoms with Crippen molar-refractivity contribution in [2.45, 2.75) is 45.6 Å². The van der Waals surface area contributed by atoms with Crippen molar-refractivity contribution in [3.63, 3.8) is 0 Å². The minimum Gasteiger partial charge on any atom is -0.490 e. The maximum atomic E-state index is 6.48. The van der Waals surface area contributed by atoms with Crippen LogP contribution in [0.15, 0.2) is 18.2 Å². The van der Waals surface area contributed by atoms with Crippen molar-refractivity contribution >= 4 is 11.6 Å². The molecule has 0 aliphatic carbocycles. The number of ether oxygens (including phenoxy) is 1. The number of fused-ring (bicyclic) bond motifs is 1. The summed E-state index contributed by atoms with van der Waals surface area (Å²) in [6, 6.07) is 6.33. The van der Waals surface area contributed by atoms with E-state index in [1.165, 1.54) is 11.1 Å². The molecule has 0 spiro atoms.